The fraction of sp³-hybridized carbons (Fsp3) is 0.417. The van der Waals surface area contributed by atoms with Crippen LogP contribution in [-0.2, 0) is 0 Å². The zero-order valence-electron chi connectivity index (χ0n) is 8.94. The molecule has 0 saturated carbocycles. The van der Waals surface area contributed by atoms with E-state index in [4.69, 9.17) is 4.74 Å². The first-order valence-corrected chi connectivity index (χ1v) is 6.28. The van der Waals surface area contributed by atoms with Crippen molar-refractivity contribution >= 4 is 18.0 Å². The fourth-order valence-electron chi connectivity index (χ4n) is 1.14. The van der Waals surface area contributed by atoms with Gasteiger partial charge in [-0.25, -0.2) is 0 Å². The molecular formula is C12H16O2S. The van der Waals surface area contributed by atoms with Crippen molar-refractivity contribution in [2.24, 2.45) is 0 Å². The monoisotopic (exact) mass is 224 g/mol. The summed E-state index contributed by atoms with van der Waals surface area (Å²) < 4.78 is 5.52. The second-order valence-electron chi connectivity index (χ2n) is 3.09. The smallest absolute Gasteiger partial charge is 0.150 e. The lowest BCUT2D eigenvalue weighted by Gasteiger charge is -2.05. The Kier molecular flexibility index (Phi) is 5.93. The maximum absolute atomic E-state index is 10.4. The van der Waals surface area contributed by atoms with Gasteiger partial charge in [-0.15, -0.1) is 0 Å². The molecule has 0 radical (unpaired) electrons. The zero-order valence-corrected chi connectivity index (χ0v) is 9.76. The molecule has 0 heterocycles. The highest BCUT2D eigenvalue weighted by Crippen LogP contribution is 2.11. The Morgan fingerprint density at radius 2 is 2.07 bits per heavy atom. The van der Waals surface area contributed by atoms with E-state index < -0.39 is 0 Å². The number of aldehydes is 1. The van der Waals surface area contributed by atoms with E-state index in [0.717, 1.165) is 36.6 Å². The minimum absolute atomic E-state index is 0.684. The van der Waals surface area contributed by atoms with Crippen molar-refractivity contribution in [2.45, 2.75) is 13.3 Å². The SMILES string of the molecule is CCSCCCOc1ccc(C=O)cc1. The summed E-state index contributed by atoms with van der Waals surface area (Å²) >= 11 is 1.92. The number of hydrogen-bond donors (Lipinski definition) is 0. The van der Waals surface area contributed by atoms with Crippen LogP contribution in [0.2, 0.25) is 0 Å². The number of ether oxygens (including phenoxy) is 1. The van der Waals surface area contributed by atoms with Crippen LogP contribution in [-0.4, -0.2) is 24.4 Å². The fourth-order valence-corrected chi connectivity index (χ4v) is 1.75. The first-order chi connectivity index (χ1) is 7.36. The van der Waals surface area contributed by atoms with Crippen LogP contribution in [0.15, 0.2) is 24.3 Å². The van der Waals surface area contributed by atoms with Crippen molar-refractivity contribution in [3.63, 3.8) is 0 Å². The van der Waals surface area contributed by atoms with E-state index in [-0.39, 0.29) is 0 Å². The van der Waals surface area contributed by atoms with Crippen LogP contribution in [0, 0.1) is 0 Å². The van der Waals surface area contributed by atoms with E-state index >= 15 is 0 Å². The van der Waals surface area contributed by atoms with Gasteiger partial charge in [0.1, 0.15) is 12.0 Å². The zero-order chi connectivity index (χ0) is 10.9. The molecule has 0 amide bonds. The summed E-state index contributed by atoms with van der Waals surface area (Å²) in [5, 5.41) is 0. The molecule has 1 rings (SSSR count). The van der Waals surface area contributed by atoms with Gasteiger partial charge in [0.15, 0.2) is 0 Å². The molecule has 0 aliphatic rings. The topological polar surface area (TPSA) is 26.3 Å². The highest BCUT2D eigenvalue weighted by atomic mass is 32.2. The van der Waals surface area contributed by atoms with E-state index in [0.29, 0.717) is 5.56 Å². The van der Waals surface area contributed by atoms with Crippen molar-refractivity contribution in [1.82, 2.24) is 0 Å². The molecule has 0 fully saturated rings. The van der Waals surface area contributed by atoms with E-state index in [2.05, 4.69) is 6.92 Å². The predicted molar refractivity (Wildman–Crippen MR) is 64.9 cm³/mol. The number of hydrogen-bond acceptors (Lipinski definition) is 3. The number of rotatable bonds is 7. The lowest BCUT2D eigenvalue weighted by atomic mass is 10.2. The van der Waals surface area contributed by atoms with E-state index in [1.165, 1.54) is 0 Å². The quantitative estimate of drug-likeness (QED) is 0.526. The molecule has 0 aromatic heterocycles. The Hall–Kier alpha value is -0.960. The van der Waals surface area contributed by atoms with Gasteiger partial charge in [-0.2, -0.15) is 11.8 Å². The summed E-state index contributed by atoms with van der Waals surface area (Å²) in [5.41, 5.74) is 0.684. The Morgan fingerprint density at radius 1 is 1.33 bits per heavy atom. The van der Waals surface area contributed by atoms with Gasteiger partial charge in [0.05, 0.1) is 6.61 Å². The molecule has 0 saturated heterocycles. The minimum Gasteiger partial charge on any atom is -0.494 e. The molecule has 0 aliphatic carbocycles. The number of carbonyl (C=O) groups is 1. The Labute approximate surface area is 95.0 Å². The largest absolute Gasteiger partial charge is 0.494 e. The molecule has 82 valence electrons. The third-order valence-electron chi connectivity index (χ3n) is 1.92. The molecule has 1 aromatic rings. The first kappa shape index (κ1) is 12.1. The van der Waals surface area contributed by atoms with Crippen LogP contribution >= 0.6 is 11.8 Å². The average molecular weight is 224 g/mol. The van der Waals surface area contributed by atoms with Gasteiger partial charge in [0.25, 0.3) is 0 Å². The van der Waals surface area contributed by atoms with Gasteiger partial charge < -0.3 is 4.74 Å². The van der Waals surface area contributed by atoms with Crippen LogP contribution in [0.1, 0.15) is 23.7 Å². The van der Waals surface area contributed by atoms with E-state index in [1.54, 1.807) is 12.1 Å². The molecule has 3 heteroatoms. The molecule has 15 heavy (non-hydrogen) atoms. The summed E-state index contributed by atoms with van der Waals surface area (Å²) in [6, 6.07) is 7.19. The lowest BCUT2D eigenvalue weighted by molar-refractivity contribution is 0.112. The average Bonchev–Trinajstić information content (AvgIpc) is 2.30. The highest BCUT2D eigenvalue weighted by Gasteiger charge is 1.94. The highest BCUT2D eigenvalue weighted by molar-refractivity contribution is 7.99. The van der Waals surface area contributed by atoms with Crippen LogP contribution in [0.4, 0.5) is 0 Å². The van der Waals surface area contributed by atoms with Gasteiger partial charge in [0, 0.05) is 5.56 Å². The standard InChI is InChI=1S/C12H16O2S/c1-2-15-9-3-8-14-12-6-4-11(10-13)5-7-12/h4-7,10H,2-3,8-9H2,1H3. The minimum atomic E-state index is 0.684. The van der Waals surface area contributed by atoms with Gasteiger partial charge >= 0.3 is 0 Å². The van der Waals surface area contributed by atoms with Crippen LogP contribution in [0.25, 0.3) is 0 Å². The maximum atomic E-state index is 10.4. The van der Waals surface area contributed by atoms with Gasteiger partial charge in [0.2, 0.25) is 0 Å². The third-order valence-corrected chi connectivity index (χ3v) is 2.91. The number of benzene rings is 1. The second-order valence-corrected chi connectivity index (χ2v) is 4.48. The summed E-state index contributed by atoms with van der Waals surface area (Å²) in [7, 11) is 0. The van der Waals surface area contributed by atoms with Crippen LogP contribution < -0.4 is 4.74 Å². The molecular weight excluding hydrogens is 208 g/mol. The molecule has 0 spiro atoms. The van der Waals surface area contributed by atoms with Crippen molar-refractivity contribution in [3.05, 3.63) is 29.8 Å². The van der Waals surface area contributed by atoms with Crippen molar-refractivity contribution in [2.75, 3.05) is 18.1 Å². The molecule has 0 bridgehead atoms. The molecule has 0 unspecified atom stereocenters. The predicted octanol–water partition coefficient (Wildman–Crippen LogP) is 3.02. The molecule has 0 N–H and O–H groups in total. The molecule has 2 nitrogen and oxygen atoms in total. The normalized spacial score (nSPS) is 9.93. The van der Waals surface area contributed by atoms with Crippen LogP contribution in [0.3, 0.4) is 0 Å². The Bertz CT molecular complexity index is 282. The summed E-state index contributed by atoms with van der Waals surface area (Å²) in [6.07, 6.45) is 1.90. The third kappa shape index (κ3) is 4.88. The number of carbonyl (C=O) groups excluding carboxylic acids is 1. The summed E-state index contributed by atoms with van der Waals surface area (Å²) in [6.45, 7) is 2.90. The van der Waals surface area contributed by atoms with Crippen molar-refractivity contribution < 1.29 is 9.53 Å². The van der Waals surface area contributed by atoms with Crippen LogP contribution in [0.5, 0.6) is 5.75 Å². The summed E-state index contributed by atoms with van der Waals surface area (Å²) in [4.78, 5) is 10.4. The van der Waals surface area contributed by atoms with Crippen molar-refractivity contribution in [3.8, 4) is 5.75 Å². The second kappa shape index (κ2) is 7.35. The summed E-state index contributed by atoms with van der Waals surface area (Å²) in [5.74, 6) is 3.14. The number of thioether (sulfide) groups is 1. The molecule has 1 aromatic carbocycles. The van der Waals surface area contributed by atoms with Gasteiger partial charge in [-0.1, -0.05) is 6.92 Å². The van der Waals surface area contributed by atoms with E-state index in [1.807, 2.05) is 23.9 Å². The Balaban J connectivity index is 2.22. The van der Waals surface area contributed by atoms with E-state index in [9.17, 15) is 4.79 Å². The first-order valence-electron chi connectivity index (χ1n) is 5.12. The lowest BCUT2D eigenvalue weighted by Crippen LogP contribution is -1.98. The van der Waals surface area contributed by atoms with Gasteiger partial charge in [-0.05, 0) is 42.2 Å². The van der Waals surface area contributed by atoms with Gasteiger partial charge in [-0.3, -0.25) is 4.79 Å². The molecule has 0 atom stereocenters. The van der Waals surface area contributed by atoms with Crippen molar-refractivity contribution in [1.29, 1.82) is 0 Å². The molecule has 0 aliphatic heterocycles. The maximum Gasteiger partial charge on any atom is 0.150 e. The Morgan fingerprint density at radius 3 is 2.67 bits per heavy atom.